The predicted molar refractivity (Wildman–Crippen MR) is 68.6 cm³/mol. The van der Waals surface area contributed by atoms with Gasteiger partial charge in [-0.25, -0.2) is 4.98 Å². The number of nitrogens with two attached hydrogens (primary N) is 1. The number of rotatable bonds is 5. The van der Waals surface area contributed by atoms with E-state index >= 15 is 0 Å². The molecule has 0 bridgehead atoms. The highest BCUT2D eigenvalue weighted by Crippen LogP contribution is 2.18. The van der Waals surface area contributed by atoms with Crippen LogP contribution in [0.3, 0.4) is 0 Å². The van der Waals surface area contributed by atoms with Gasteiger partial charge in [-0.3, -0.25) is 0 Å². The molecule has 0 spiro atoms. The lowest BCUT2D eigenvalue weighted by molar-refractivity contribution is 0.139. The first-order valence-corrected chi connectivity index (χ1v) is 5.76. The first-order valence-electron chi connectivity index (χ1n) is 5.76. The summed E-state index contributed by atoms with van der Waals surface area (Å²) in [5, 5.41) is 0. The molecular formula is C13H17N3O. The molecule has 0 aliphatic heterocycles. The van der Waals surface area contributed by atoms with Crippen molar-refractivity contribution >= 4 is 5.69 Å². The summed E-state index contributed by atoms with van der Waals surface area (Å²) in [4.78, 5) is 4.36. The van der Waals surface area contributed by atoms with E-state index < -0.39 is 0 Å². The number of hydrogen-bond acceptors (Lipinski definition) is 3. The van der Waals surface area contributed by atoms with Crippen LogP contribution < -0.4 is 5.73 Å². The molecule has 90 valence electrons. The Morgan fingerprint density at radius 2 is 2.06 bits per heavy atom. The van der Waals surface area contributed by atoms with Crippen molar-refractivity contribution in [2.75, 3.05) is 18.9 Å². The van der Waals surface area contributed by atoms with Gasteiger partial charge in [-0.1, -0.05) is 0 Å². The Labute approximate surface area is 101 Å². The van der Waals surface area contributed by atoms with Crippen LogP contribution in [0.5, 0.6) is 0 Å². The largest absolute Gasteiger partial charge is 0.399 e. The molecule has 0 radical (unpaired) electrons. The third kappa shape index (κ3) is 2.85. The number of hydrogen-bond donors (Lipinski definition) is 1. The van der Waals surface area contributed by atoms with Gasteiger partial charge in [0.2, 0.25) is 0 Å². The summed E-state index contributed by atoms with van der Waals surface area (Å²) in [7, 11) is 0. The summed E-state index contributed by atoms with van der Waals surface area (Å²) in [6.07, 6.45) is 3.77. The van der Waals surface area contributed by atoms with Crippen molar-refractivity contribution in [3.05, 3.63) is 36.7 Å². The number of ether oxygens (including phenoxy) is 1. The minimum atomic E-state index is 0.703. The van der Waals surface area contributed by atoms with Gasteiger partial charge >= 0.3 is 0 Å². The Hall–Kier alpha value is -1.81. The molecule has 0 aliphatic rings. The summed E-state index contributed by atoms with van der Waals surface area (Å²) >= 11 is 0. The molecule has 2 rings (SSSR count). The molecule has 0 saturated heterocycles. The molecule has 17 heavy (non-hydrogen) atoms. The first-order chi connectivity index (χ1) is 8.31. The molecule has 1 aromatic heterocycles. The molecule has 1 heterocycles. The standard InChI is InChI=1S/C13H17N3O/c1-2-17-10-9-16-8-7-15-13(16)11-3-5-12(14)6-4-11/h3-8H,2,9-10,14H2,1H3. The quantitative estimate of drug-likeness (QED) is 0.633. The highest BCUT2D eigenvalue weighted by molar-refractivity contribution is 5.59. The number of nitrogens with zero attached hydrogens (tertiary/aromatic N) is 2. The van der Waals surface area contributed by atoms with Crippen molar-refractivity contribution in [1.29, 1.82) is 0 Å². The fraction of sp³-hybridized carbons (Fsp3) is 0.308. The second kappa shape index (κ2) is 5.50. The van der Waals surface area contributed by atoms with Crippen molar-refractivity contribution in [3.8, 4) is 11.4 Å². The van der Waals surface area contributed by atoms with Crippen LogP contribution in [-0.4, -0.2) is 22.8 Å². The SMILES string of the molecule is CCOCCn1ccnc1-c1ccc(N)cc1. The molecule has 0 saturated carbocycles. The zero-order valence-electron chi connectivity index (χ0n) is 9.97. The Bertz CT molecular complexity index is 462. The number of aromatic nitrogens is 2. The fourth-order valence-electron chi connectivity index (χ4n) is 1.69. The van der Waals surface area contributed by atoms with E-state index in [1.165, 1.54) is 0 Å². The van der Waals surface area contributed by atoms with Gasteiger partial charge in [-0.05, 0) is 31.2 Å². The lowest BCUT2D eigenvalue weighted by atomic mass is 10.2. The first kappa shape index (κ1) is 11.7. The van der Waals surface area contributed by atoms with E-state index in [0.717, 1.165) is 30.2 Å². The van der Waals surface area contributed by atoms with Crippen LogP contribution in [0, 0.1) is 0 Å². The van der Waals surface area contributed by atoms with Crippen LogP contribution >= 0.6 is 0 Å². The van der Waals surface area contributed by atoms with Gasteiger partial charge in [-0.15, -0.1) is 0 Å². The van der Waals surface area contributed by atoms with E-state index in [9.17, 15) is 0 Å². The normalized spacial score (nSPS) is 10.6. The van der Waals surface area contributed by atoms with Crippen LogP contribution in [0.15, 0.2) is 36.7 Å². The molecule has 0 aliphatic carbocycles. The Balaban J connectivity index is 2.15. The molecule has 0 fully saturated rings. The van der Waals surface area contributed by atoms with Crippen LogP contribution in [-0.2, 0) is 11.3 Å². The molecule has 2 aromatic rings. The minimum absolute atomic E-state index is 0.703. The number of nitrogen functional groups attached to an aromatic ring is 1. The van der Waals surface area contributed by atoms with E-state index in [-0.39, 0.29) is 0 Å². The highest BCUT2D eigenvalue weighted by atomic mass is 16.5. The Morgan fingerprint density at radius 1 is 1.29 bits per heavy atom. The second-order valence-corrected chi connectivity index (χ2v) is 3.76. The lowest BCUT2D eigenvalue weighted by Crippen LogP contribution is -2.06. The Morgan fingerprint density at radius 3 is 2.76 bits per heavy atom. The molecule has 2 N–H and O–H groups in total. The Kier molecular flexibility index (Phi) is 3.77. The van der Waals surface area contributed by atoms with Crippen molar-refractivity contribution in [3.63, 3.8) is 0 Å². The maximum absolute atomic E-state index is 5.67. The van der Waals surface area contributed by atoms with Crippen LogP contribution in [0.1, 0.15) is 6.92 Å². The molecule has 4 nitrogen and oxygen atoms in total. The van der Waals surface area contributed by atoms with Gasteiger partial charge in [0.1, 0.15) is 5.82 Å². The van der Waals surface area contributed by atoms with Crippen molar-refractivity contribution < 1.29 is 4.74 Å². The second-order valence-electron chi connectivity index (χ2n) is 3.76. The average molecular weight is 231 g/mol. The number of anilines is 1. The van der Waals surface area contributed by atoms with Crippen LogP contribution in [0.4, 0.5) is 5.69 Å². The summed E-state index contributed by atoms with van der Waals surface area (Å²) < 4.78 is 7.43. The van der Waals surface area contributed by atoms with E-state index in [1.807, 2.05) is 37.4 Å². The van der Waals surface area contributed by atoms with Crippen molar-refractivity contribution in [2.45, 2.75) is 13.5 Å². The van der Waals surface area contributed by atoms with E-state index in [0.29, 0.717) is 6.61 Å². The topological polar surface area (TPSA) is 53.1 Å². The number of imidazole rings is 1. The van der Waals surface area contributed by atoms with Gasteiger partial charge in [0, 0.05) is 36.8 Å². The monoisotopic (exact) mass is 231 g/mol. The van der Waals surface area contributed by atoms with Crippen molar-refractivity contribution in [2.24, 2.45) is 0 Å². The van der Waals surface area contributed by atoms with Gasteiger partial charge < -0.3 is 15.0 Å². The summed E-state index contributed by atoms with van der Waals surface area (Å²) in [5.74, 6) is 0.949. The molecule has 0 atom stereocenters. The van der Waals surface area contributed by atoms with E-state index in [4.69, 9.17) is 10.5 Å². The third-order valence-corrected chi connectivity index (χ3v) is 2.57. The van der Waals surface area contributed by atoms with E-state index in [2.05, 4.69) is 9.55 Å². The molecule has 1 aromatic carbocycles. The maximum Gasteiger partial charge on any atom is 0.139 e. The molecule has 0 unspecified atom stereocenters. The minimum Gasteiger partial charge on any atom is -0.399 e. The summed E-state index contributed by atoms with van der Waals surface area (Å²) in [6.45, 7) is 4.25. The maximum atomic E-state index is 5.67. The van der Waals surface area contributed by atoms with Gasteiger partial charge in [0.05, 0.1) is 6.61 Å². The van der Waals surface area contributed by atoms with Crippen LogP contribution in [0.2, 0.25) is 0 Å². The van der Waals surface area contributed by atoms with Gasteiger partial charge in [0.25, 0.3) is 0 Å². The molecular weight excluding hydrogens is 214 g/mol. The average Bonchev–Trinajstić information content (AvgIpc) is 2.79. The highest BCUT2D eigenvalue weighted by Gasteiger charge is 2.05. The predicted octanol–water partition coefficient (Wildman–Crippen LogP) is 2.17. The number of benzene rings is 1. The summed E-state index contributed by atoms with van der Waals surface area (Å²) in [6, 6.07) is 7.73. The van der Waals surface area contributed by atoms with Crippen LogP contribution in [0.25, 0.3) is 11.4 Å². The molecule has 4 heteroatoms. The molecule has 0 amide bonds. The zero-order valence-corrected chi connectivity index (χ0v) is 9.97. The zero-order chi connectivity index (χ0) is 12.1. The lowest BCUT2D eigenvalue weighted by Gasteiger charge is -2.08. The third-order valence-electron chi connectivity index (χ3n) is 2.57. The fourth-order valence-corrected chi connectivity index (χ4v) is 1.69. The summed E-state index contributed by atoms with van der Waals surface area (Å²) in [5.41, 5.74) is 7.50. The van der Waals surface area contributed by atoms with Gasteiger partial charge in [0.15, 0.2) is 0 Å². The van der Waals surface area contributed by atoms with Gasteiger partial charge in [-0.2, -0.15) is 0 Å². The smallest absolute Gasteiger partial charge is 0.139 e. The van der Waals surface area contributed by atoms with Crippen molar-refractivity contribution in [1.82, 2.24) is 9.55 Å². The van der Waals surface area contributed by atoms with E-state index in [1.54, 1.807) is 6.20 Å².